The van der Waals surface area contributed by atoms with Crippen LogP contribution in [0.15, 0.2) is 12.3 Å². The van der Waals surface area contributed by atoms with Crippen molar-refractivity contribution in [1.29, 1.82) is 0 Å². The molecule has 0 aliphatic heterocycles. The predicted molar refractivity (Wildman–Crippen MR) is 42.9 cm³/mol. The van der Waals surface area contributed by atoms with Crippen molar-refractivity contribution >= 4 is 11.8 Å². The van der Waals surface area contributed by atoms with Gasteiger partial charge in [-0.1, -0.05) is 0 Å². The Morgan fingerprint density at radius 3 is 2.44 bits per heavy atom. The van der Waals surface area contributed by atoms with Gasteiger partial charge in [-0.05, 0) is 16.0 Å². The third kappa shape index (κ3) is 2.07. The second-order valence-electron chi connectivity index (χ2n) is 2.62. The van der Waals surface area contributed by atoms with E-state index in [0.29, 0.717) is 12.3 Å². The number of rotatable bonds is 2. The van der Waals surface area contributed by atoms with Crippen LogP contribution in [-0.4, -0.2) is 21.0 Å². The number of carboxylic acid groups (broad SMARTS) is 1. The van der Waals surface area contributed by atoms with E-state index >= 15 is 0 Å². The average molecular weight is 236 g/mol. The molecule has 6 nitrogen and oxygen atoms in total. The van der Waals surface area contributed by atoms with Gasteiger partial charge in [0.2, 0.25) is 0 Å². The van der Waals surface area contributed by atoms with Gasteiger partial charge in [0.1, 0.15) is 6.20 Å². The van der Waals surface area contributed by atoms with E-state index in [0.717, 1.165) is 0 Å². The first-order valence-corrected chi connectivity index (χ1v) is 3.69. The standard InChI is InChI=1S/C7H3F3N2O4/c8-7(9,10)4-3(6(13)14)1-2-11-5(4)12(15)16/h1-2H,(H,13,14). The molecule has 0 fully saturated rings. The Bertz CT molecular complexity index is 425. The molecule has 0 radical (unpaired) electrons. The van der Waals surface area contributed by atoms with Gasteiger partial charge >= 0.3 is 18.0 Å². The molecular formula is C7H3F3N2O4. The Morgan fingerprint density at radius 2 is 2.06 bits per heavy atom. The molecule has 9 heteroatoms. The van der Waals surface area contributed by atoms with Crippen LogP contribution in [0.5, 0.6) is 0 Å². The maximum Gasteiger partial charge on any atom is 0.425 e. The molecule has 0 saturated carbocycles. The van der Waals surface area contributed by atoms with Crippen LogP contribution in [0.25, 0.3) is 0 Å². The van der Waals surface area contributed by atoms with Gasteiger partial charge in [0.05, 0.1) is 5.56 Å². The summed E-state index contributed by atoms with van der Waals surface area (Å²) in [5.74, 6) is -3.43. The largest absolute Gasteiger partial charge is 0.478 e. The maximum atomic E-state index is 12.4. The number of carboxylic acids is 1. The molecule has 1 heterocycles. The number of aromatic nitrogens is 1. The lowest BCUT2D eigenvalue weighted by molar-refractivity contribution is -0.392. The molecule has 1 aromatic rings. The number of hydrogen-bond acceptors (Lipinski definition) is 4. The maximum absolute atomic E-state index is 12.4. The first-order valence-electron chi connectivity index (χ1n) is 3.69. The summed E-state index contributed by atoms with van der Waals surface area (Å²) in [7, 11) is 0. The van der Waals surface area contributed by atoms with E-state index in [4.69, 9.17) is 5.11 Å². The summed E-state index contributed by atoms with van der Waals surface area (Å²) in [6.45, 7) is 0. The van der Waals surface area contributed by atoms with Crippen LogP contribution in [0.1, 0.15) is 15.9 Å². The SMILES string of the molecule is O=C(O)c1ccnc([N+](=O)[O-])c1C(F)(F)F. The third-order valence-electron chi connectivity index (χ3n) is 1.62. The number of pyridine rings is 1. The molecule has 0 amide bonds. The second-order valence-corrected chi connectivity index (χ2v) is 2.62. The first kappa shape index (κ1) is 11.9. The summed E-state index contributed by atoms with van der Waals surface area (Å²) in [6.07, 6.45) is -4.51. The van der Waals surface area contributed by atoms with Crippen LogP contribution in [0.3, 0.4) is 0 Å². The molecule has 0 spiro atoms. The lowest BCUT2D eigenvalue weighted by atomic mass is 10.1. The van der Waals surface area contributed by atoms with Crippen LogP contribution < -0.4 is 0 Å². The molecule has 1 aromatic heterocycles. The number of carbonyl (C=O) groups is 1. The monoisotopic (exact) mass is 236 g/mol. The van der Waals surface area contributed by atoms with Crippen molar-refractivity contribution in [3.05, 3.63) is 33.5 Å². The van der Waals surface area contributed by atoms with Gasteiger partial charge < -0.3 is 15.2 Å². The summed E-state index contributed by atoms with van der Waals surface area (Å²) in [5, 5.41) is 18.8. The van der Waals surface area contributed by atoms with Gasteiger partial charge in [0.25, 0.3) is 0 Å². The molecule has 0 atom stereocenters. The zero-order valence-electron chi connectivity index (χ0n) is 7.35. The third-order valence-corrected chi connectivity index (χ3v) is 1.62. The van der Waals surface area contributed by atoms with E-state index in [1.807, 2.05) is 0 Å². The number of halogens is 3. The van der Waals surface area contributed by atoms with Crippen molar-refractivity contribution < 1.29 is 28.0 Å². The van der Waals surface area contributed by atoms with Gasteiger partial charge in [0.15, 0.2) is 5.56 Å². The molecule has 0 saturated heterocycles. The molecular weight excluding hydrogens is 233 g/mol. The van der Waals surface area contributed by atoms with Gasteiger partial charge in [-0.25, -0.2) is 4.79 Å². The van der Waals surface area contributed by atoms with Gasteiger partial charge in [0, 0.05) is 0 Å². The molecule has 1 rings (SSSR count). The van der Waals surface area contributed by atoms with E-state index in [1.165, 1.54) is 0 Å². The van der Waals surface area contributed by atoms with Crippen LogP contribution >= 0.6 is 0 Å². The van der Waals surface area contributed by atoms with Crippen LogP contribution in [0.4, 0.5) is 19.0 Å². The molecule has 86 valence electrons. The van der Waals surface area contributed by atoms with Crippen molar-refractivity contribution in [3.63, 3.8) is 0 Å². The van der Waals surface area contributed by atoms with E-state index in [-0.39, 0.29) is 0 Å². The van der Waals surface area contributed by atoms with E-state index < -0.39 is 34.0 Å². The molecule has 0 bridgehead atoms. The summed E-state index contributed by atoms with van der Waals surface area (Å²) < 4.78 is 37.3. The Balaban J connectivity index is 3.60. The molecule has 0 aliphatic carbocycles. The average Bonchev–Trinajstić information content (AvgIpc) is 2.15. The lowest BCUT2D eigenvalue weighted by Gasteiger charge is -2.08. The molecule has 0 unspecified atom stereocenters. The topological polar surface area (TPSA) is 93.3 Å². The highest BCUT2D eigenvalue weighted by atomic mass is 19.4. The van der Waals surface area contributed by atoms with Crippen LogP contribution in [-0.2, 0) is 6.18 Å². The summed E-state index contributed by atoms with van der Waals surface area (Å²) >= 11 is 0. The fourth-order valence-electron chi connectivity index (χ4n) is 1.05. The number of aromatic carboxylic acids is 1. The van der Waals surface area contributed by atoms with Crippen molar-refractivity contribution in [2.45, 2.75) is 6.18 Å². The predicted octanol–water partition coefficient (Wildman–Crippen LogP) is 1.71. The van der Waals surface area contributed by atoms with E-state index in [9.17, 15) is 28.1 Å². The Kier molecular flexibility index (Phi) is 2.79. The van der Waals surface area contributed by atoms with E-state index in [1.54, 1.807) is 0 Å². The first-order chi connectivity index (χ1) is 7.25. The highest BCUT2D eigenvalue weighted by molar-refractivity contribution is 5.90. The number of nitrogens with zero attached hydrogens (tertiary/aromatic N) is 2. The molecule has 1 N–H and O–H groups in total. The highest BCUT2D eigenvalue weighted by Crippen LogP contribution is 2.37. The van der Waals surface area contributed by atoms with Crippen molar-refractivity contribution in [1.82, 2.24) is 4.98 Å². The Hall–Kier alpha value is -2.19. The zero-order valence-corrected chi connectivity index (χ0v) is 7.35. The summed E-state index contributed by atoms with van der Waals surface area (Å²) in [5.41, 5.74) is -3.05. The highest BCUT2D eigenvalue weighted by Gasteiger charge is 2.43. The van der Waals surface area contributed by atoms with Crippen molar-refractivity contribution in [3.8, 4) is 0 Å². The Labute approximate surface area is 85.5 Å². The van der Waals surface area contributed by atoms with Gasteiger partial charge in [-0.15, -0.1) is 0 Å². The van der Waals surface area contributed by atoms with Gasteiger partial charge in [-0.3, -0.25) is 0 Å². The molecule has 0 aliphatic rings. The minimum atomic E-state index is -5.15. The van der Waals surface area contributed by atoms with Gasteiger partial charge in [-0.2, -0.15) is 13.2 Å². The van der Waals surface area contributed by atoms with Crippen LogP contribution in [0, 0.1) is 10.1 Å². The summed E-state index contributed by atoms with van der Waals surface area (Å²) in [6, 6.07) is 0.554. The fraction of sp³-hybridized carbons (Fsp3) is 0.143. The number of alkyl halides is 3. The smallest absolute Gasteiger partial charge is 0.425 e. The number of hydrogen-bond donors (Lipinski definition) is 1. The minimum Gasteiger partial charge on any atom is -0.478 e. The zero-order chi connectivity index (χ0) is 12.5. The minimum absolute atomic E-state index is 0.554. The molecule has 16 heavy (non-hydrogen) atoms. The van der Waals surface area contributed by atoms with E-state index in [2.05, 4.69) is 4.98 Å². The van der Waals surface area contributed by atoms with Crippen molar-refractivity contribution in [2.75, 3.05) is 0 Å². The summed E-state index contributed by atoms with van der Waals surface area (Å²) in [4.78, 5) is 22.3. The quantitative estimate of drug-likeness (QED) is 0.623. The fourth-order valence-corrected chi connectivity index (χ4v) is 1.05. The molecule has 0 aromatic carbocycles. The van der Waals surface area contributed by atoms with Crippen LogP contribution in [0.2, 0.25) is 0 Å². The Morgan fingerprint density at radius 1 is 1.50 bits per heavy atom. The van der Waals surface area contributed by atoms with Crippen molar-refractivity contribution in [2.24, 2.45) is 0 Å². The normalized spacial score (nSPS) is 11.2. The number of nitro groups is 1. The second kappa shape index (κ2) is 3.76. The lowest BCUT2D eigenvalue weighted by Crippen LogP contribution is -2.16.